The van der Waals surface area contributed by atoms with Crippen molar-refractivity contribution in [1.29, 1.82) is 0 Å². The maximum absolute atomic E-state index is 12.0. The molecule has 4 nitrogen and oxygen atoms in total. The average molecular weight is 426 g/mol. The van der Waals surface area contributed by atoms with Crippen molar-refractivity contribution < 1.29 is 9.53 Å². The summed E-state index contributed by atoms with van der Waals surface area (Å²) in [6.45, 7) is 1.86. The highest BCUT2D eigenvalue weighted by Gasteiger charge is 2.04. The van der Waals surface area contributed by atoms with Gasteiger partial charge in [0.1, 0.15) is 11.6 Å². The molecular formula is C16H14Br2N2O2. The number of aryl methyl sites for hydroxylation is 1. The van der Waals surface area contributed by atoms with Crippen LogP contribution in [0.4, 0.5) is 5.82 Å². The SMILES string of the molecule is COc1ccc(Br)cc1/C=C/C(=O)Nc1ccc(Br)c(C)n1. The van der Waals surface area contributed by atoms with Crippen molar-refractivity contribution in [3.05, 3.63) is 56.6 Å². The van der Waals surface area contributed by atoms with Crippen molar-refractivity contribution in [2.45, 2.75) is 6.92 Å². The smallest absolute Gasteiger partial charge is 0.249 e. The molecule has 2 aromatic rings. The molecule has 0 fully saturated rings. The fourth-order valence-electron chi connectivity index (χ4n) is 1.78. The van der Waals surface area contributed by atoms with Crippen LogP contribution in [0.1, 0.15) is 11.3 Å². The maximum Gasteiger partial charge on any atom is 0.249 e. The largest absolute Gasteiger partial charge is 0.496 e. The summed E-state index contributed by atoms with van der Waals surface area (Å²) in [7, 11) is 1.59. The minimum absolute atomic E-state index is 0.253. The Kier molecular flexibility index (Phi) is 5.74. The summed E-state index contributed by atoms with van der Waals surface area (Å²) in [5.74, 6) is 0.956. The molecule has 0 radical (unpaired) electrons. The van der Waals surface area contributed by atoms with E-state index < -0.39 is 0 Å². The molecule has 0 bridgehead atoms. The van der Waals surface area contributed by atoms with Crippen LogP contribution in [-0.4, -0.2) is 18.0 Å². The van der Waals surface area contributed by atoms with Crippen LogP contribution in [0, 0.1) is 6.92 Å². The lowest BCUT2D eigenvalue weighted by atomic mass is 10.2. The topological polar surface area (TPSA) is 51.2 Å². The predicted molar refractivity (Wildman–Crippen MR) is 95.0 cm³/mol. The number of carbonyl (C=O) groups excluding carboxylic acids is 1. The van der Waals surface area contributed by atoms with Crippen molar-refractivity contribution in [3.8, 4) is 5.75 Å². The van der Waals surface area contributed by atoms with Crippen LogP contribution in [0.2, 0.25) is 0 Å². The van der Waals surface area contributed by atoms with Crippen molar-refractivity contribution >= 4 is 49.7 Å². The Morgan fingerprint density at radius 2 is 2.05 bits per heavy atom. The van der Waals surface area contributed by atoms with Crippen molar-refractivity contribution in [3.63, 3.8) is 0 Å². The number of ether oxygens (including phenoxy) is 1. The minimum Gasteiger partial charge on any atom is -0.496 e. The lowest BCUT2D eigenvalue weighted by Gasteiger charge is -2.06. The van der Waals surface area contributed by atoms with E-state index in [0.717, 1.165) is 20.2 Å². The van der Waals surface area contributed by atoms with Crippen molar-refractivity contribution in [2.24, 2.45) is 0 Å². The highest BCUT2D eigenvalue weighted by Crippen LogP contribution is 2.24. The Bertz CT molecular complexity index is 730. The van der Waals surface area contributed by atoms with Crippen LogP contribution >= 0.6 is 31.9 Å². The number of methoxy groups -OCH3 is 1. The number of carbonyl (C=O) groups is 1. The molecule has 2 rings (SSSR count). The minimum atomic E-state index is -0.253. The molecule has 22 heavy (non-hydrogen) atoms. The molecule has 0 atom stereocenters. The molecule has 1 aromatic heterocycles. The molecule has 0 aliphatic carbocycles. The second-order valence-electron chi connectivity index (χ2n) is 4.47. The summed E-state index contributed by atoms with van der Waals surface area (Å²) in [4.78, 5) is 16.2. The van der Waals surface area contributed by atoms with Gasteiger partial charge in [-0.15, -0.1) is 0 Å². The van der Waals surface area contributed by atoms with Crippen LogP contribution in [0.25, 0.3) is 6.08 Å². The molecular weight excluding hydrogens is 412 g/mol. The second kappa shape index (κ2) is 7.56. The summed E-state index contributed by atoms with van der Waals surface area (Å²) in [6.07, 6.45) is 3.15. The van der Waals surface area contributed by atoms with Gasteiger partial charge in [0, 0.05) is 20.6 Å². The highest BCUT2D eigenvalue weighted by molar-refractivity contribution is 9.10. The molecule has 1 aromatic carbocycles. The first-order valence-corrected chi connectivity index (χ1v) is 8.04. The van der Waals surface area contributed by atoms with E-state index in [1.807, 2.05) is 31.2 Å². The summed E-state index contributed by atoms with van der Waals surface area (Å²) < 4.78 is 7.08. The quantitative estimate of drug-likeness (QED) is 0.729. The van der Waals surface area contributed by atoms with Gasteiger partial charge in [-0.25, -0.2) is 4.98 Å². The number of anilines is 1. The van der Waals surface area contributed by atoms with Gasteiger partial charge in [-0.05, 0) is 59.3 Å². The third-order valence-corrected chi connectivity index (χ3v) is 4.21. The Hall–Kier alpha value is -1.66. The van der Waals surface area contributed by atoms with Gasteiger partial charge >= 0.3 is 0 Å². The molecule has 1 N–H and O–H groups in total. The standard InChI is InChI=1S/C16H14Br2N2O2/c1-10-13(18)5-7-15(19-10)20-16(21)8-3-11-9-12(17)4-6-14(11)22-2/h3-9H,1-2H3,(H,19,20,21)/b8-3+. The zero-order chi connectivity index (χ0) is 16.1. The van der Waals surface area contributed by atoms with Crippen LogP contribution in [0.5, 0.6) is 5.75 Å². The maximum atomic E-state index is 12.0. The number of hydrogen-bond acceptors (Lipinski definition) is 3. The average Bonchev–Trinajstić information content (AvgIpc) is 2.49. The van der Waals surface area contributed by atoms with E-state index in [1.54, 1.807) is 19.3 Å². The number of halogens is 2. The lowest BCUT2D eigenvalue weighted by molar-refractivity contribution is -0.111. The van der Waals surface area contributed by atoms with Gasteiger partial charge in [0.25, 0.3) is 0 Å². The number of rotatable bonds is 4. The summed E-state index contributed by atoms with van der Waals surface area (Å²) in [6, 6.07) is 9.18. The monoisotopic (exact) mass is 424 g/mol. The number of pyridine rings is 1. The Morgan fingerprint density at radius 1 is 1.27 bits per heavy atom. The van der Waals surface area contributed by atoms with Gasteiger partial charge in [0.05, 0.1) is 12.8 Å². The van der Waals surface area contributed by atoms with Crippen LogP contribution in [-0.2, 0) is 4.79 Å². The fraction of sp³-hybridized carbons (Fsp3) is 0.125. The lowest BCUT2D eigenvalue weighted by Crippen LogP contribution is -2.09. The Balaban J connectivity index is 2.11. The van der Waals surface area contributed by atoms with Crippen LogP contribution in [0.15, 0.2) is 45.4 Å². The molecule has 1 amide bonds. The summed E-state index contributed by atoms with van der Waals surface area (Å²) in [5, 5.41) is 2.72. The van der Waals surface area contributed by atoms with E-state index in [-0.39, 0.29) is 5.91 Å². The molecule has 0 saturated heterocycles. The number of amides is 1. The number of benzene rings is 1. The number of hydrogen-bond donors (Lipinski definition) is 1. The molecule has 6 heteroatoms. The predicted octanol–water partition coefficient (Wildman–Crippen LogP) is 4.58. The first-order valence-electron chi connectivity index (χ1n) is 6.45. The molecule has 0 spiro atoms. The van der Waals surface area contributed by atoms with Crippen LogP contribution < -0.4 is 10.1 Å². The Morgan fingerprint density at radius 3 is 2.73 bits per heavy atom. The van der Waals surface area contributed by atoms with Gasteiger partial charge in [-0.2, -0.15) is 0 Å². The number of aromatic nitrogens is 1. The summed E-state index contributed by atoms with van der Waals surface area (Å²) >= 11 is 6.77. The molecule has 0 saturated carbocycles. The zero-order valence-electron chi connectivity index (χ0n) is 12.1. The normalized spacial score (nSPS) is 10.7. The fourth-order valence-corrected chi connectivity index (χ4v) is 2.38. The molecule has 0 unspecified atom stereocenters. The molecule has 1 heterocycles. The van der Waals surface area contributed by atoms with E-state index in [0.29, 0.717) is 11.6 Å². The third-order valence-electron chi connectivity index (χ3n) is 2.88. The van der Waals surface area contributed by atoms with E-state index in [2.05, 4.69) is 42.2 Å². The van der Waals surface area contributed by atoms with Gasteiger partial charge in [0.15, 0.2) is 0 Å². The van der Waals surface area contributed by atoms with Gasteiger partial charge < -0.3 is 10.1 Å². The highest BCUT2D eigenvalue weighted by atomic mass is 79.9. The van der Waals surface area contributed by atoms with E-state index in [1.165, 1.54) is 6.08 Å². The first-order chi connectivity index (χ1) is 10.5. The number of nitrogens with zero attached hydrogens (tertiary/aromatic N) is 1. The molecule has 114 valence electrons. The van der Waals surface area contributed by atoms with Gasteiger partial charge in [-0.1, -0.05) is 15.9 Å². The first kappa shape index (κ1) is 16.7. The Labute approximate surface area is 145 Å². The summed E-state index contributed by atoms with van der Waals surface area (Å²) in [5.41, 5.74) is 1.63. The third kappa shape index (κ3) is 4.42. The van der Waals surface area contributed by atoms with E-state index in [4.69, 9.17) is 4.74 Å². The zero-order valence-corrected chi connectivity index (χ0v) is 15.2. The van der Waals surface area contributed by atoms with Crippen molar-refractivity contribution in [2.75, 3.05) is 12.4 Å². The van der Waals surface area contributed by atoms with E-state index >= 15 is 0 Å². The van der Waals surface area contributed by atoms with Crippen LogP contribution in [0.3, 0.4) is 0 Å². The number of nitrogens with one attached hydrogen (secondary N) is 1. The van der Waals surface area contributed by atoms with E-state index in [9.17, 15) is 4.79 Å². The second-order valence-corrected chi connectivity index (χ2v) is 6.24. The van der Waals surface area contributed by atoms with Gasteiger partial charge in [-0.3, -0.25) is 4.79 Å². The molecule has 0 aliphatic heterocycles. The van der Waals surface area contributed by atoms with Gasteiger partial charge in [0.2, 0.25) is 5.91 Å². The van der Waals surface area contributed by atoms with Crippen molar-refractivity contribution in [1.82, 2.24) is 4.98 Å². The molecule has 0 aliphatic rings.